The van der Waals surface area contributed by atoms with Gasteiger partial charge in [0.1, 0.15) is 0 Å². The lowest BCUT2D eigenvalue weighted by atomic mass is 9.88. The number of nitrogens with one attached hydrogen (secondary N) is 1. The monoisotopic (exact) mass is 332 g/mol. The van der Waals surface area contributed by atoms with Gasteiger partial charge >= 0.3 is 5.69 Å². The minimum absolute atomic E-state index is 0.0437. The molecule has 0 bridgehead atoms. The van der Waals surface area contributed by atoms with Crippen molar-refractivity contribution < 1.29 is 9.72 Å². The van der Waals surface area contributed by atoms with Gasteiger partial charge < -0.3 is 10.2 Å². The van der Waals surface area contributed by atoms with Crippen molar-refractivity contribution in [3.8, 4) is 0 Å². The zero-order valence-corrected chi connectivity index (χ0v) is 13.8. The fourth-order valence-electron chi connectivity index (χ4n) is 3.69. The fraction of sp³-hybridized carbons (Fsp3) is 0.647. The van der Waals surface area contributed by atoms with E-state index >= 15 is 0 Å². The van der Waals surface area contributed by atoms with Crippen LogP contribution in [0.1, 0.15) is 44.9 Å². The largest absolute Gasteiger partial charge is 0.353 e. The first-order valence-corrected chi connectivity index (χ1v) is 8.80. The van der Waals surface area contributed by atoms with Crippen molar-refractivity contribution in [1.82, 2.24) is 10.3 Å². The second kappa shape index (κ2) is 7.59. The third-order valence-electron chi connectivity index (χ3n) is 5.08. The summed E-state index contributed by atoms with van der Waals surface area (Å²) < 4.78 is 0. The van der Waals surface area contributed by atoms with Gasteiger partial charge in [-0.15, -0.1) is 0 Å². The molecule has 3 rings (SSSR count). The van der Waals surface area contributed by atoms with Crippen LogP contribution in [0.2, 0.25) is 0 Å². The molecule has 24 heavy (non-hydrogen) atoms. The van der Waals surface area contributed by atoms with Crippen molar-refractivity contribution in [3.05, 3.63) is 28.4 Å². The van der Waals surface area contributed by atoms with Gasteiger partial charge in [0.2, 0.25) is 11.7 Å². The topological polar surface area (TPSA) is 88.4 Å². The molecule has 1 aliphatic heterocycles. The highest BCUT2D eigenvalue weighted by molar-refractivity contribution is 5.79. The molecule has 0 spiro atoms. The van der Waals surface area contributed by atoms with Crippen LogP contribution in [-0.4, -0.2) is 34.9 Å². The summed E-state index contributed by atoms with van der Waals surface area (Å²) in [6.45, 7) is 1.35. The highest BCUT2D eigenvalue weighted by Crippen LogP contribution is 2.28. The predicted molar refractivity (Wildman–Crippen MR) is 90.8 cm³/mol. The van der Waals surface area contributed by atoms with Crippen LogP contribution in [-0.2, 0) is 4.79 Å². The summed E-state index contributed by atoms with van der Waals surface area (Å²) in [6, 6.07) is 3.23. The SMILES string of the molecule is O=C(NC1CCN(c2ncccc2[N+](=O)[O-])CC1)C1CCCCC1. The summed E-state index contributed by atoms with van der Waals surface area (Å²) in [7, 11) is 0. The number of anilines is 1. The molecule has 0 atom stereocenters. The number of nitrogens with zero attached hydrogens (tertiary/aromatic N) is 3. The number of pyridine rings is 1. The number of hydrogen-bond acceptors (Lipinski definition) is 5. The molecule has 1 aromatic heterocycles. The van der Waals surface area contributed by atoms with Crippen LogP contribution in [0.4, 0.5) is 11.5 Å². The summed E-state index contributed by atoms with van der Waals surface area (Å²) in [4.78, 5) is 29.2. The number of rotatable bonds is 4. The second-order valence-corrected chi connectivity index (χ2v) is 6.71. The number of carbonyl (C=O) groups is 1. The number of nitro groups is 1. The minimum Gasteiger partial charge on any atom is -0.353 e. The summed E-state index contributed by atoms with van der Waals surface area (Å²) in [5.41, 5.74) is 0.0437. The van der Waals surface area contributed by atoms with Crippen molar-refractivity contribution in [2.24, 2.45) is 5.92 Å². The fourth-order valence-corrected chi connectivity index (χ4v) is 3.69. The molecule has 1 saturated heterocycles. The molecular weight excluding hydrogens is 308 g/mol. The molecule has 0 aromatic carbocycles. The van der Waals surface area contributed by atoms with Crippen LogP contribution < -0.4 is 10.2 Å². The van der Waals surface area contributed by atoms with Gasteiger partial charge in [-0.1, -0.05) is 19.3 Å². The molecule has 1 aromatic rings. The van der Waals surface area contributed by atoms with E-state index in [-0.39, 0.29) is 28.5 Å². The molecule has 1 saturated carbocycles. The Kier molecular flexibility index (Phi) is 5.27. The lowest BCUT2D eigenvalue weighted by Gasteiger charge is -2.33. The van der Waals surface area contributed by atoms with E-state index in [0.29, 0.717) is 18.9 Å². The van der Waals surface area contributed by atoms with Crippen LogP contribution in [0.25, 0.3) is 0 Å². The van der Waals surface area contributed by atoms with Crippen molar-refractivity contribution >= 4 is 17.4 Å². The quantitative estimate of drug-likeness (QED) is 0.676. The van der Waals surface area contributed by atoms with Crippen molar-refractivity contribution in [1.29, 1.82) is 0 Å². The van der Waals surface area contributed by atoms with Crippen LogP contribution in [0.3, 0.4) is 0 Å². The number of hydrogen-bond donors (Lipinski definition) is 1. The molecule has 2 heterocycles. The van der Waals surface area contributed by atoms with Gasteiger partial charge in [-0.05, 0) is 31.7 Å². The van der Waals surface area contributed by atoms with Crippen LogP contribution >= 0.6 is 0 Å². The van der Waals surface area contributed by atoms with Gasteiger partial charge in [-0.3, -0.25) is 14.9 Å². The number of amides is 1. The molecular formula is C17H24N4O3. The van der Waals surface area contributed by atoms with Crippen molar-refractivity contribution in [2.75, 3.05) is 18.0 Å². The van der Waals surface area contributed by atoms with Crippen molar-refractivity contribution in [2.45, 2.75) is 51.0 Å². The Bertz CT molecular complexity index is 593. The highest BCUT2D eigenvalue weighted by atomic mass is 16.6. The first kappa shape index (κ1) is 16.7. The standard InChI is InChI=1S/C17H24N4O3/c22-17(13-5-2-1-3-6-13)19-14-8-11-20(12-9-14)16-15(21(23)24)7-4-10-18-16/h4,7,10,13-14H,1-3,5-6,8-9,11-12H2,(H,19,22). The maximum atomic E-state index is 12.3. The van der Waals surface area contributed by atoms with E-state index in [1.807, 2.05) is 4.90 Å². The zero-order valence-electron chi connectivity index (χ0n) is 13.8. The van der Waals surface area contributed by atoms with E-state index in [0.717, 1.165) is 38.5 Å². The van der Waals surface area contributed by atoms with E-state index in [1.165, 1.54) is 12.5 Å². The smallest absolute Gasteiger partial charge is 0.311 e. The average molecular weight is 332 g/mol. The van der Waals surface area contributed by atoms with E-state index in [9.17, 15) is 14.9 Å². The van der Waals surface area contributed by atoms with Gasteiger partial charge in [0.25, 0.3) is 0 Å². The van der Waals surface area contributed by atoms with Gasteiger partial charge in [-0.25, -0.2) is 4.98 Å². The molecule has 2 aliphatic rings. The van der Waals surface area contributed by atoms with E-state index in [4.69, 9.17) is 0 Å². The van der Waals surface area contributed by atoms with E-state index in [1.54, 1.807) is 12.3 Å². The van der Waals surface area contributed by atoms with Gasteiger partial charge in [0.05, 0.1) is 4.92 Å². The summed E-state index contributed by atoms with van der Waals surface area (Å²) in [5.74, 6) is 0.796. The Morgan fingerprint density at radius 1 is 1.21 bits per heavy atom. The molecule has 7 heteroatoms. The molecule has 1 N–H and O–H groups in total. The molecule has 2 fully saturated rings. The predicted octanol–water partition coefficient (Wildman–Crippen LogP) is 2.66. The summed E-state index contributed by atoms with van der Waals surface area (Å²) in [6.07, 6.45) is 8.73. The normalized spacial score (nSPS) is 19.9. The van der Waals surface area contributed by atoms with Crippen LogP contribution in [0.5, 0.6) is 0 Å². The Hall–Kier alpha value is -2.18. The summed E-state index contributed by atoms with van der Waals surface area (Å²) >= 11 is 0. The van der Waals surface area contributed by atoms with Gasteiger partial charge in [-0.2, -0.15) is 0 Å². The molecule has 0 unspecified atom stereocenters. The van der Waals surface area contributed by atoms with Crippen LogP contribution in [0.15, 0.2) is 18.3 Å². The average Bonchev–Trinajstić information content (AvgIpc) is 2.63. The molecule has 0 radical (unpaired) electrons. The third-order valence-corrected chi connectivity index (χ3v) is 5.08. The third kappa shape index (κ3) is 3.83. The molecule has 130 valence electrons. The van der Waals surface area contributed by atoms with E-state index < -0.39 is 0 Å². The number of piperidine rings is 1. The first-order valence-electron chi connectivity index (χ1n) is 8.80. The Morgan fingerprint density at radius 2 is 1.92 bits per heavy atom. The molecule has 1 amide bonds. The summed E-state index contributed by atoms with van der Waals surface area (Å²) in [5, 5.41) is 14.3. The highest BCUT2D eigenvalue weighted by Gasteiger charge is 2.28. The minimum atomic E-state index is -0.390. The lowest BCUT2D eigenvalue weighted by molar-refractivity contribution is -0.384. The van der Waals surface area contributed by atoms with Gasteiger partial charge in [0.15, 0.2) is 0 Å². The maximum Gasteiger partial charge on any atom is 0.311 e. The zero-order chi connectivity index (χ0) is 16.9. The van der Waals surface area contributed by atoms with Crippen LogP contribution in [0, 0.1) is 16.0 Å². The number of carbonyl (C=O) groups excluding carboxylic acids is 1. The molecule has 1 aliphatic carbocycles. The van der Waals surface area contributed by atoms with Gasteiger partial charge in [0, 0.05) is 37.3 Å². The van der Waals surface area contributed by atoms with E-state index in [2.05, 4.69) is 10.3 Å². The Morgan fingerprint density at radius 3 is 2.58 bits per heavy atom. The molecule has 7 nitrogen and oxygen atoms in total. The Labute approximate surface area is 141 Å². The Balaban J connectivity index is 1.54. The lowest BCUT2D eigenvalue weighted by Crippen LogP contribution is -2.46. The van der Waals surface area contributed by atoms with Crippen molar-refractivity contribution in [3.63, 3.8) is 0 Å². The first-order chi connectivity index (χ1) is 11.6. The maximum absolute atomic E-state index is 12.3. The second-order valence-electron chi connectivity index (χ2n) is 6.71. The number of aromatic nitrogens is 1.